The molecule has 0 aliphatic rings. The Bertz CT molecular complexity index is 948. The van der Waals surface area contributed by atoms with Crippen molar-refractivity contribution in [2.45, 2.75) is 17.9 Å². The van der Waals surface area contributed by atoms with E-state index in [2.05, 4.69) is 10.4 Å². The zero-order valence-electron chi connectivity index (χ0n) is 14.0. The van der Waals surface area contributed by atoms with Crippen molar-refractivity contribution in [2.75, 3.05) is 12.3 Å². The van der Waals surface area contributed by atoms with Gasteiger partial charge in [0.05, 0.1) is 35.2 Å². The van der Waals surface area contributed by atoms with Crippen LogP contribution in [-0.2, 0) is 21.2 Å². The van der Waals surface area contributed by atoms with Gasteiger partial charge >= 0.3 is 0 Å². The summed E-state index contributed by atoms with van der Waals surface area (Å²) in [5, 5.41) is 6.91. The third-order valence-electron chi connectivity index (χ3n) is 3.80. The van der Waals surface area contributed by atoms with E-state index in [0.29, 0.717) is 13.1 Å². The van der Waals surface area contributed by atoms with E-state index in [0.717, 1.165) is 11.3 Å². The monoisotopic (exact) mass is 373 g/mol. The first-order valence-electron chi connectivity index (χ1n) is 8.15. The maximum Gasteiger partial charge on any atom is 0.221 e. The molecular formula is C18H19N3O4S. The summed E-state index contributed by atoms with van der Waals surface area (Å²) in [7, 11) is -3.44. The van der Waals surface area contributed by atoms with Crippen molar-refractivity contribution in [3.63, 3.8) is 0 Å². The van der Waals surface area contributed by atoms with Crippen LogP contribution < -0.4 is 5.32 Å². The SMILES string of the molecule is O=C(CCS(=O)(=O)c1ccccc1)NCCn1cc(-c2ccco2)cn1. The van der Waals surface area contributed by atoms with Gasteiger partial charge in [-0.25, -0.2) is 8.42 Å². The zero-order valence-corrected chi connectivity index (χ0v) is 14.9. The first-order valence-corrected chi connectivity index (χ1v) is 9.81. The Hall–Kier alpha value is -2.87. The molecule has 1 N–H and O–H groups in total. The highest BCUT2D eigenvalue weighted by molar-refractivity contribution is 7.91. The van der Waals surface area contributed by atoms with Gasteiger partial charge in [-0.2, -0.15) is 5.10 Å². The molecule has 2 heterocycles. The molecule has 26 heavy (non-hydrogen) atoms. The molecule has 1 amide bonds. The van der Waals surface area contributed by atoms with Crippen LogP contribution in [0.2, 0.25) is 0 Å². The van der Waals surface area contributed by atoms with E-state index in [1.54, 1.807) is 41.4 Å². The molecule has 0 saturated heterocycles. The van der Waals surface area contributed by atoms with Gasteiger partial charge in [-0.15, -0.1) is 0 Å². The Morgan fingerprint density at radius 3 is 2.69 bits per heavy atom. The van der Waals surface area contributed by atoms with E-state index in [4.69, 9.17) is 4.42 Å². The highest BCUT2D eigenvalue weighted by Gasteiger charge is 2.15. The molecule has 1 aromatic carbocycles. The van der Waals surface area contributed by atoms with Crippen LogP contribution in [-0.4, -0.2) is 36.4 Å². The highest BCUT2D eigenvalue weighted by Crippen LogP contribution is 2.18. The number of rotatable bonds is 8. The Balaban J connectivity index is 1.43. The van der Waals surface area contributed by atoms with Crippen LogP contribution in [0.1, 0.15) is 6.42 Å². The van der Waals surface area contributed by atoms with Gasteiger partial charge in [0, 0.05) is 19.2 Å². The molecule has 0 bridgehead atoms. The van der Waals surface area contributed by atoms with Gasteiger partial charge in [0.2, 0.25) is 5.91 Å². The molecular weight excluding hydrogens is 354 g/mol. The number of nitrogens with one attached hydrogen (secondary N) is 1. The molecule has 8 heteroatoms. The quantitative estimate of drug-likeness (QED) is 0.653. The summed E-state index contributed by atoms with van der Waals surface area (Å²) in [6.07, 6.45) is 5.03. The van der Waals surface area contributed by atoms with Crippen LogP contribution in [0.4, 0.5) is 0 Å². The van der Waals surface area contributed by atoms with Gasteiger partial charge in [0.15, 0.2) is 9.84 Å². The van der Waals surface area contributed by atoms with E-state index < -0.39 is 9.84 Å². The molecule has 0 saturated carbocycles. The number of carbonyl (C=O) groups is 1. The van der Waals surface area contributed by atoms with Gasteiger partial charge in [-0.1, -0.05) is 18.2 Å². The third-order valence-corrected chi connectivity index (χ3v) is 5.53. The van der Waals surface area contributed by atoms with Crippen molar-refractivity contribution in [1.82, 2.24) is 15.1 Å². The van der Waals surface area contributed by atoms with Crippen molar-refractivity contribution in [2.24, 2.45) is 0 Å². The summed E-state index contributed by atoms with van der Waals surface area (Å²) in [5.74, 6) is 0.210. The fourth-order valence-corrected chi connectivity index (χ4v) is 3.69. The number of hydrogen-bond acceptors (Lipinski definition) is 5. The summed E-state index contributed by atoms with van der Waals surface area (Å²) < 4.78 is 31.3. The second kappa shape index (κ2) is 8.01. The number of nitrogens with zero attached hydrogens (tertiary/aromatic N) is 2. The van der Waals surface area contributed by atoms with Crippen LogP contribution in [0.15, 0.2) is 70.4 Å². The molecule has 0 aliphatic carbocycles. The third kappa shape index (κ3) is 4.60. The lowest BCUT2D eigenvalue weighted by Crippen LogP contribution is -2.28. The van der Waals surface area contributed by atoms with E-state index in [-0.39, 0.29) is 23.0 Å². The highest BCUT2D eigenvalue weighted by atomic mass is 32.2. The minimum Gasteiger partial charge on any atom is -0.464 e. The van der Waals surface area contributed by atoms with Gasteiger partial charge in [0.25, 0.3) is 0 Å². The first-order chi connectivity index (χ1) is 12.5. The topological polar surface area (TPSA) is 94.2 Å². The summed E-state index contributed by atoms with van der Waals surface area (Å²) in [5.41, 5.74) is 0.857. The number of amides is 1. The Morgan fingerprint density at radius 2 is 1.96 bits per heavy atom. The second-order valence-corrected chi connectivity index (χ2v) is 7.81. The van der Waals surface area contributed by atoms with Crippen LogP contribution in [0.25, 0.3) is 11.3 Å². The number of furan rings is 1. The maximum atomic E-state index is 12.1. The molecule has 0 spiro atoms. The van der Waals surface area contributed by atoms with E-state index >= 15 is 0 Å². The van der Waals surface area contributed by atoms with Gasteiger partial charge in [-0.05, 0) is 24.3 Å². The second-order valence-electron chi connectivity index (χ2n) is 5.70. The van der Waals surface area contributed by atoms with Crippen molar-refractivity contribution in [3.05, 3.63) is 61.1 Å². The smallest absolute Gasteiger partial charge is 0.221 e. The van der Waals surface area contributed by atoms with Crippen LogP contribution in [0.5, 0.6) is 0 Å². The average molecular weight is 373 g/mol. The van der Waals surface area contributed by atoms with Crippen molar-refractivity contribution in [1.29, 1.82) is 0 Å². The summed E-state index contributed by atoms with van der Waals surface area (Å²) in [4.78, 5) is 12.1. The van der Waals surface area contributed by atoms with Crippen LogP contribution >= 0.6 is 0 Å². The normalized spacial score (nSPS) is 11.4. The van der Waals surface area contributed by atoms with Crippen molar-refractivity contribution < 1.29 is 17.6 Å². The van der Waals surface area contributed by atoms with Crippen LogP contribution in [0, 0.1) is 0 Å². The largest absolute Gasteiger partial charge is 0.464 e. The molecule has 0 atom stereocenters. The lowest BCUT2D eigenvalue weighted by Gasteiger charge is -2.06. The Kier molecular flexibility index (Phi) is 5.52. The molecule has 0 fully saturated rings. The van der Waals surface area contributed by atoms with Crippen LogP contribution in [0.3, 0.4) is 0 Å². The lowest BCUT2D eigenvalue weighted by molar-refractivity contribution is -0.120. The lowest BCUT2D eigenvalue weighted by atomic mass is 10.3. The molecule has 136 valence electrons. The predicted octanol–water partition coefficient (Wildman–Crippen LogP) is 2.12. The number of benzene rings is 1. The van der Waals surface area contributed by atoms with E-state index in [9.17, 15) is 13.2 Å². The molecule has 0 aliphatic heterocycles. The summed E-state index contributed by atoms with van der Waals surface area (Å²) >= 11 is 0. The molecule has 3 rings (SSSR count). The number of sulfone groups is 1. The summed E-state index contributed by atoms with van der Waals surface area (Å²) in [6.45, 7) is 0.849. The maximum absolute atomic E-state index is 12.1. The zero-order chi connectivity index (χ0) is 18.4. The molecule has 3 aromatic rings. The predicted molar refractivity (Wildman–Crippen MR) is 96.1 cm³/mol. The van der Waals surface area contributed by atoms with Gasteiger partial charge in [0.1, 0.15) is 5.76 Å². The molecule has 2 aromatic heterocycles. The molecule has 0 unspecified atom stereocenters. The molecule has 7 nitrogen and oxygen atoms in total. The fourth-order valence-electron chi connectivity index (χ4n) is 2.43. The fraction of sp³-hybridized carbons (Fsp3) is 0.222. The van der Waals surface area contributed by atoms with Crippen molar-refractivity contribution in [3.8, 4) is 11.3 Å². The van der Waals surface area contributed by atoms with Gasteiger partial charge < -0.3 is 9.73 Å². The minimum absolute atomic E-state index is 0.0754. The van der Waals surface area contributed by atoms with Gasteiger partial charge in [-0.3, -0.25) is 9.48 Å². The number of aromatic nitrogens is 2. The minimum atomic E-state index is -3.44. The first kappa shape index (κ1) is 17.9. The number of carbonyl (C=O) groups excluding carboxylic acids is 1. The standard InChI is InChI=1S/C18H19N3O4S/c22-18(8-12-26(23,24)16-5-2-1-3-6-16)19-9-10-21-14-15(13-20-21)17-7-4-11-25-17/h1-7,11,13-14H,8-10,12H2,(H,19,22). The number of hydrogen-bond donors (Lipinski definition) is 1. The van der Waals surface area contributed by atoms with E-state index in [1.807, 2.05) is 12.3 Å². The Morgan fingerprint density at radius 1 is 1.15 bits per heavy atom. The summed E-state index contributed by atoms with van der Waals surface area (Å²) in [6, 6.07) is 11.8. The van der Waals surface area contributed by atoms with Crippen molar-refractivity contribution >= 4 is 15.7 Å². The average Bonchev–Trinajstić information content (AvgIpc) is 3.32. The van der Waals surface area contributed by atoms with E-state index in [1.165, 1.54) is 12.1 Å². The Labute approximate surface area is 151 Å². The molecule has 0 radical (unpaired) electrons.